The molecule has 0 saturated carbocycles. The van der Waals surface area contributed by atoms with Crippen LogP contribution in [0.5, 0.6) is 11.5 Å². The summed E-state index contributed by atoms with van der Waals surface area (Å²) >= 11 is 3.32. The molecule has 1 heterocycles. The number of carbonyl (C=O) groups is 3. The van der Waals surface area contributed by atoms with E-state index in [1.807, 2.05) is 0 Å². The zero-order valence-corrected chi connectivity index (χ0v) is 17.2. The number of carbonyl (C=O) groups excluding carboxylic acids is 2. The first-order chi connectivity index (χ1) is 14.3. The van der Waals surface area contributed by atoms with E-state index in [9.17, 15) is 18.8 Å². The normalized spacial score (nSPS) is 14.8. The van der Waals surface area contributed by atoms with Gasteiger partial charge in [0.2, 0.25) is 0 Å². The topological polar surface area (TPSA) is 105 Å². The van der Waals surface area contributed by atoms with E-state index in [2.05, 4.69) is 21.2 Å². The monoisotopic (exact) mass is 478 g/mol. The van der Waals surface area contributed by atoms with Gasteiger partial charge in [-0.2, -0.15) is 0 Å². The molecule has 0 aromatic heterocycles. The lowest BCUT2D eigenvalue weighted by Gasteiger charge is -2.12. The number of rotatable bonds is 7. The summed E-state index contributed by atoms with van der Waals surface area (Å²) in [6.07, 6.45) is 1.43. The fourth-order valence-corrected chi connectivity index (χ4v) is 3.18. The Balaban J connectivity index is 1.86. The molecule has 0 bridgehead atoms. The smallest absolute Gasteiger partial charge is 0.341 e. The Bertz CT molecular complexity index is 1060. The maximum atomic E-state index is 13.9. The highest BCUT2D eigenvalue weighted by atomic mass is 79.9. The van der Waals surface area contributed by atoms with Crippen LogP contribution in [0.1, 0.15) is 11.1 Å². The summed E-state index contributed by atoms with van der Waals surface area (Å²) in [7, 11) is 1.38. The number of carboxylic acid groups (broad SMARTS) is 1. The van der Waals surface area contributed by atoms with Crippen molar-refractivity contribution in [1.82, 2.24) is 10.2 Å². The summed E-state index contributed by atoms with van der Waals surface area (Å²) < 4.78 is 24.7. The molecule has 0 aliphatic carbocycles. The second-order valence-corrected chi connectivity index (χ2v) is 7.03. The van der Waals surface area contributed by atoms with Gasteiger partial charge < -0.3 is 19.9 Å². The molecule has 0 atom stereocenters. The van der Waals surface area contributed by atoms with E-state index in [-0.39, 0.29) is 29.3 Å². The third-order valence-corrected chi connectivity index (χ3v) is 4.87. The quantitative estimate of drug-likeness (QED) is 0.467. The van der Waals surface area contributed by atoms with Gasteiger partial charge >= 0.3 is 12.0 Å². The van der Waals surface area contributed by atoms with Crippen molar-refractivity contribution >= 4 is 39.9 Å². The van der Waals surface area contributed by atoms with Gasteiger partial charge in [-0.05, 0) is 29.8 Å². The number of ether oxygens (including phenoxy) is 2. The van der Waals surface area contributed by atoms with Gasteiger partial charge in [0, 0.05) is 10.0 Å². The second-order valence-electron chi connectivity index (χ2n) is 6.18. The van der Waals surface area contributed by atoms with Gasteiger partial charge in [-0.25, -0.2) is 14.0 Å². The number of imide groups is 1. The first-order valence-electron chi connectivity index (χ1n) is 8.60. The molecular formula is C20H16BrFN2O6. The van der Waals surface area contributed by atoms with Gasteiger partial charge in [0.15, 0.2) is 18.1 Å². The molecule has 1 fully saturated rings. The number of amides is 3. The van der Waals surface area contributed by atoms with Gasteiger partial charge in [-0.15, -0.1) is 0 Å². The Morgan fingerprint density at radius 3 is 2.67 bits per heavy atom. The number of urea groups is 1. The Morgan fingerprint density at radius 2 is 2.00 bits per heavy atom. The maximum Gasteiger partial charge on any atom is 0.341 e. The zero-order valence-electron chi connectivity index (χ0n) is 15.6. The second kappa shape index (κ2) is 8.95. The van der Waals surface area contributed by atoms with E-state index >= 15 is 0 Å². The molecule has 8 nitrogen and oxygen atoms in total. The number of methoxy groups -OCH3 is 1. The molecular weight excluding hydrogens is 463 g/mol. The molecule has 1 aliphatic heterocycles. The fraction of sp³-hybridized carbons (Fsp3) is 0.150. The van der Waals surface area contributed by atoms with E-state index in [0.29, 0.717) is 10.0 Å². The lowest BCUT2D eigenvalue weighted by molar-refractivity contribution is -0.139. The van der Waals surface area contributed by atoms with E-state index in [1.54, 1.807) is 6.07 Å². The first-order valence-corrected chi connectivity index (χ1v) is 9.39. The number of nitrogens with zero attached hydrogens (tertiary/aromatic N) is 1. The van der Waals surface area contributed by atoms with Crippen LogP contribution in [0.15, 0.2) is 46.6 Å². The number of hydrogen-bond acceptors (Lipinski definition) is 5. The molecule has 0 unspecified atom stereocenters. The molecule has 1 aliphatic rings. The van der Waals surface area contributed by atoms with E-state index in [1.165, 1.54) is 43.5 Å². The minimum atomic E-state index is -1.14. The van der Waals surface area contributed by atoms with E-state index in [4.69, 9.17) is 14.6 Å². The molecule has 3 rings (SSSR count). The van der Waals surface area contributed by atoms with Crippen LogP contribution < -0.4 is 14.8 Å². The fourth-order valence-electron chi connectivity index (χ4n) is 2.74. The maximum absolute atomic E-state index is 13.9. The SMILES string of the molecule is COc1cc(/C=C2/NC(=O)N(Cc3ccccc3F)C2=O)c(Br)cc1OCC(=O)O. The highest BCUT2D eigenvalue weighted by Crippen LogP contribution is 2.35. The Hall–Kier alpha value is -3.40. The number of benzene rings is 2. The van der Waals surface area contributed by atoms with Crippen molar-refractivity contribution in [3.63, 3.8) is 0 Å². The average Bonchev–Trinajstić information content (AvgIpc) is 2.96. The van der Waals surface area contributed by atoms with Crippen molar-refractivity contribution in [2.24, 2.45) is 0 Å². The van der Waals surface area contributed by atoms with Crippen LogP contribution in [-0.4, -0.2) is 41.6 Å². The van der Waals surface area contributed by atoms with Crippen LogP contribution in [0.25, 0.3) is 6.08 Å². The minimum Gasteiger partial charge on any atom is -0.493 e. The van der Waals surface area contributed by atoms with Crippen molar-refractivity contribution in [2.75, 3.05) is 13.7 Å². The Labute approximate surface area is 179 Å². The highest BCUT2D eigenvalue weighted by molar-refractivity contribution is 9.10. The molecule has 0 spiro atoms. The van der Waals surface area contributed by atoms with Crippen LogP contribution in [0, 0.1) is 5.82 Å². The minimum absolute atomic E-state index is 0.00158. The number of nitrogens with one attached hydrogen (secondary N) is 1. The number of carboxylic acids is 1. The van der Waals surface area contributed by atoms with Crippen molar-refractivity contribution in [3.05, 3.63) is 63.5 Å². The molecule has 156 valence electrons. The Morgan fingerprint density at radius 1 is 1.27 bits per heavy atom. The van der Waals surface area contributed by atoms with Crippen molar-refractivity contribution in [1.29, 1.82) is 0 Å². The molecule has 2 N–H and O–H groups in total. The van der Waals surface area contributed by atoms with Crippen LogP contribution >= 0.6 is 15.9 Å². The summed E-state index contributed by atoms with van der Waals surface area (Å²) in [6, 6.07) is 8.23. The molecule has 30 heavy (non-hydrogen) atoms. The molecule has 2 aromatic rings. The molecule has 3 amide bonds. The summed E-state index contributed by atoms with van der Waals surface area (Å²) in [6.45, 7) is -0.760. The van der Waals surface area contributed by atoms with Crippen molar-refractivity contribution in [2.45, 2.75) is 6.54 Å². The van der Waals surface area contributed by atoms with Crippen LogP contribution in [0.4, 0.5) is 9.18 Å². The number of aliphatic carboxylic acids is 1. The van der Waals surface area contributed by atoms with Gasteiger partial charge in [-0.1, -0.05) is 34.1 Å². The molecule has 0 radical (unpaired) electrons. The molecule has 2 aromatic carbocycles. The third kappa shape index (κ3) is 4.60. The summed E-state index contributed by atoms with van der Waals surface area (Å²) in [5.41, 5.74) is 0.689. The predicted octanol–water partition coefficient (Wildman–Crippen LogP) is 3.15. The van der Waals surface area contributed by atoms with Gasteiger partial charge in [0.1, 0.15) is 11.5 Å². The first kappa shape index (κ1) is 21.3. The van der Waals surface area contributed by atoms with Crippen LogP contribution in [-0.2, 0) is 16.1 Å². The number of halogens is 2. The summed E-state index contributed by atoms with van der Waals surface area (Å²) in [5.74, 6) is -1.84. The van der Waals surface area contributed by atoms with Crippen molar-refractivity contribution < 1.29 is 33.4 Å². The third-order valence-electron chi connectivity index (χ3n) is 4.18. The average molecular weight is 479 g/mol. The summed E-state index contributed by atoms with van der Waals surface area (Å²) in [5, 5.41) is 11.2. The summed E-state index contributed by atoms with van der Waals surface area (Å²) in [4.78, 5) is 36.5. The number of hydrogen-bond donors (Lipinski definition) is 2. The zero-order chi connectivity index (χ0) is 21.8. The highest BCUT2D eigenvalue weighted by Gasteiger charge is 2.34. The van der Waals surface area contributed by atoms with E-state index in [0.717, 1.165) is 4.90 Å². The van der Waals surface area contributed by atoms with Crippen molar-refractivity contribution in [3.8, 4) is 11.5 Å². The molecule has 1 saturated heterocycles. The predicted molar refractivity (Wildman–Crippen MR) is 107 cm³/mol. The van der Waals surface area contributed by atoms with Gasteiger partial charge in [-0.3, -0.25) is 9.69 Å². The largest absolute Gasteiger partial charge is 0.493 e. The lowest BCUT2D eigenvalue weighted by atomic mass is 10.1. The Kier molecular flexibility index (Phi) is 6.36. The molecule has 10 heteroatoms. The van der Waals surface area contributed by atoms with Gasteiger partial charge in [0.05, 0.1) is 13.7 Å². The van der Waals surface area contributed by atoms with Crippen LogP contribution in [0.2, 0.25) is 0 Å². The van der Waals surface area contributed by atoms with Gasteiger partial charge in [0.25, 0.3) is 5.91 Å². The van der Waals surface area contributed by atoms with E-state index < -0.39 is 30.3 Å². The lowest BCUT2D eigenvalue weighted by Crippen LogP contribution is -2.30. The van der Waals surface area contributed by atoms with Crippen LogP contribution in [0.3, 0.4) is 0 Å². The standard InChI is InChI=1S/C20H16BrFN2O6/c1-29-16-7-12(13(21)8-17(16)30-10-18(25)26)6-15-19(27)24(20(28)23-15)9-11-4-2-3-5-14(11)22/h2-8H,9-10H2,1H3,(H,23,28)(H,25,26)/b15-6+.